The minimum absolute atomic E-state index is 0.269. The number of carbonyl (C=O) groups excluding carboxylic acids is 1. The minimum atomic E-state index is -3.42. The summed E-state index contributed by atoms with van der Waals surface area (Å²) in [5.74, 6) is -0.269. The predicted molar refractivity (Wildman–Crippen MR) is 94.7 cm³/mol. The number of anilines is 2. The molecule has 5 nitrogen and oxygen atoms in total. The van der Waals surface area contributed by atoms with Crippen molar-refractivity contribution in [3.8, 4) is 0 Å². The van der Waals surface area contributed by atoms with Gasteiger partial charge >= 0.3 is 0 Å². The smallest absolute Gasteiger partial charge is 0.265 e. The van der Waals surface area contributed by atoms with E-state index < -0.39 is 10.0 Å². The summed E-state index contributed by atoms with van der Waals surface area (Å²) in [6, 6.07) is 16.2. The molecular formula is C16H14N2O3S2. The number of nitrogens with one attached hydrogen (secondary N) is 2. The van der Waals surface area contributed by atoms with E-state index in [1.807, 2.05) is 30.3 Å². The third-order valence-corrected chi connectivity index (χ3v) is 4.83. The molecule has 2 N–H and O–H groups in total. The van der Waals surface area contributed by atoms with Gasteiger partial charge in [0.2, 0.25) is 10.0 Å². The first-order valence-corrected chi connectivity index (χ1v) is 9.50. The van der Waals surface area contributed by atoms with E-state index in [-0.39, 0.29) is 5.91 Å². The van der Waals surface area contributed by atoms with Gasteiger partial charge in [0.25, 0.3) is 5.91 Å². The van der Waals surface area contributed by atoms with Crippen molar-refractivity contribution >= 4 is 48.7 Å². The molecule has 0 saturated heterocycles. The molecule has 3 rings (SSSR count). The van der Waals surface area contributed by atoms with Gasteiger partial charge in [-0.15, -0.1) is 11.3 Å². The van der Waals surface area contributed by atoms with Crippen LogP contribution in [0.2, 0.25) is 0 Å². The van der Waals surface area contributed by atoms with Crippen LogP contribution in [0.5, 0.6) is 0 Å². The van der Waals surface area contributed by atoms with Crippen molar-refractivity contribution in [1.29, 1.82) is 0 Å². The highest BCUT2D eigenvalue weighted by Gasteiger charge is 2.13. The second-order valence-electron chi connectivity index (χ2n) is 5.02. The first-order chi connectivity index (χ1) is 10.9. The molecule has 0 aliphatic rings. The molecule has 1 heterocycles. The largest absolute Gasteiger partial charge is 0.319 e. The van der Waals surface area contributed by atoms with E-state index in [9.17, 15) is 13.2 Å². The molecule has 1 aromatic heterocycles. The fraction of sp³-hybridized carbons (Fsp3) is 0.0625. The number of sulfonamides is 1. The van der Waals surface area contributed by atoms with Crippen molar-refractivity contribution in [3.63, 3.8) is 0 Å². The topological polar surface area (TPSA) is 75.3 Å². The molecule has 2 aromatic carbocycles. The molecule has 0 aliphatic carbocycles. The normalized spacial score (nSPS) is 11.3. The fourth-order valence-corrected chi connectivity index (χ4v) is 3.69. The highest BCUT2D eigenvalue weighted by molar-refractivity contribution is 7.92. The first-order valence-electron chi connectivity index (χ1n) is 6.79. The summed E-state index contributed by atoms with van der Waals surface area (Å²) in [5, 5.41) is 3.76. The summed E-state index contributed by atoms with van der Waals surface area (Å²) in [6.45, 7) is 0. The Labute approximate surface area is 138 Å². The highest BCUT2D eigenvalue weighted by Crippen LogP contribution is 2.27. The number of thiophene rings is 1. The average Bonchev–Trinajstić information content (AvgIpc) is 2.92. The van der Waals surface area contributed by atoms with E-state index in [1.165, 1.54) is 11.3 Å². The maximum atomic E-state index is 12.4. The van der Waals surface area contributed by atoms with Gasteiger partial charge in [0.1, 0.15) is 0 Å². The second kappa shape index (κ2) is 6.02. The third-order valence-electron chi connectivity index (χ3n) is 3.12. The summed E-state index contributed by atoms with van der Waals surface area (Å²) >= 11 is 1.39. The average molecular weight is 346 g/mol. The lowest BCUT2D eigenvalue weighted by Gasteiger charge is -2.11. The van der Waals surface area contributed by atoms with Gasteiger partial charge in [-0.2, -0.15) is 0 Å². The standard InChI is InChI=1S/C16H14N2O3S2/c1-23(20,21)18-13-8-4-3-7-12(13)17-16(19)15-10-11-6-2-5-9-14(11)22-15/h2-10,18H,1H3,(H,17,19). The molecule has 118 valence electrons. The van der Waals surface area contributed by atoms with Crippen LogP contribution < -0.4 is 10.0 Å². The summed E-state index contributed by atoms with van der Waals surface area (Å²) in [7, 11) is -3.42. The van der Waals surface area contributed by atoms with Crippen LogP contribution in [0, 0.1) is 0 Å². The fourth-order valence-electron chi connectivity index (χ4n) is 2.16. The predicted octanol–water partition coefficient (Wildman–Crippen LogP) is 3.53. The van der Waals surface area contributed by atoms with Gasteiger partial charge < -0.3 is 5.32 Å². The van der Waals surface area contributed by atoms with E-state index in [2.05, 4.69) is 10.0 Å². The first kappa shape index (κ1) is 15.5. The molecule has 0 unspecified atom stereocenters. The van der Waals surface area contributed by atoms with Crippen LogP contribution in [-0.4, -0.2) is 20.6 Å². The summed E-state index contributed by atoms with van der Waals surface area (Å²) in [5.41, 5.74) is 0.754. The van der Waals surface area contributed by atoms with Gasteiger partial charge in [-0.25, -0.2) is 8.42 Å². The number of amides is 1. The van der Waals surface area contributed by atoms with Crippen molar-refractivity contribution in [3.05, 3.63) is 59.5 Å². The Morgan fingerprint density at radius 1 is 1.00 bits per heavy atom. The Hall–Kier alpha value is -2.38. The molecule has 3 aromatic rings. The van der Waals surface area contributed by atoms with E-state index in [0.29, 0.717) is 16.3 Å². The molecule has 0 atom stereocenters. The molecule has 0 radical (unpaired) electrons. The highest BCUT2D eigenvalue weighted by atomic mass is 32.2. The van der Waals surface area contributed by atoms with Crippen LogP contribution in [-0.2, 0) is 10.0 Å². The van der Waals surface area contributed by atoms with Crippen LogP contribution in [0.1, 0.15) is 9.67 Å². The van der Waals surface area contributed by atoms with E-state index >= 15 is 0 Å². The number of fused-ring (bicyclic) bond motifs is 1. The van der Waals surface area contributed by atoms with Crippen LogP contribution in [0.25, 0.3) is 10.1 Å². The minimum Gasteiger partial charge on any atom is -0.319 e. The van der Waals surface area contributed by atoms with Crippen molar-refractivity contribution < 1.29 is 13.2 Å². The van der Waals surface area contributed by atoms with Gasteiger partial charge in [0, 0.05) is 4.70 Å². The van der Waals surface area contributed by atoms with Crippen molar-refractivity contribution in [2.24, 2.45) is 0 Å². The van der Waals surface area contributed by atoms with Crippen molar-refractivity contribution in [1.82, 2.24) is 0 Å². The zero-order valence-electron chi connectivity index (χ0n) is 12.2. The van der Waals surface area contributed by atoms with Gasteiger partial charge in [-0.1, -0.05) is 30.3 Å². The van der Waals surface area contributed by atoms with Crippen molar-refractivity contribution in [2.75, 3.05) is 16.3 Å². The van der Waals surface area contributed by atoms with Crippen molar-refractivity contribution in [2.45, 2.75) is 0 Å². The lowest BCUT2D eigenvalue weighted by molar-refractivity contribution is 0.103. The van der Waals surface area contributed by atoms with Gasteiger partial charge in [-0.3, -0.25) is 9.52 Å². The van der Waals surface area contributed by atoms with Crippen LogP contribution in [0.15, 0.2) is 54.6 Å². The molecule has 0 saturated carbocycles. The van der Waals surface area contributed by atoms with E-state index in [0.717, 1.165) is 16.3 Å². The summed E-state index contributed by atoms with van der Waals surface area (Å²) < 4.78 is 26.2. The van der Waals surface area contributed by atoms with Gasteiger partial charge in [-0.05, 0) is 29.7 Å². The lowest BCUT2D eigenvalue weighted by Crippen LogP contribution is -2.15. The molecule has 7 heteroatoms. The Morgan fingerprint density at radius 3 is 2.35 bits per heavy atom. The zero-order valence-corrected chi connectivity index (χ0v) is 13.9. The number of hydrogen-bond acceptors (Lipinski definition) is 4. The van der Waals surface area contributed by atoms with E-state index in [4.69, 9.17) is 0 Å². The number of carbonyl (C=O) groups is 1. The SMILES string of the molecule is CS(=O)(=O)Nc1ccccc1NC(=O)c1cc2ccccc2s1. The van der Waals surface area contributed by atoms with Crippen LogP contribution in [0.4, 0.5) is 11.4 Å². The molecule has 1 amide bonds. The Morgan fingerprint density at radius 2 is 1.65 bits per heavy atom. The lowest BCUT2D eigenvalue weighted by atomic mass is 10.2. The quantitative estimate of drug-likeness (QED) is 0.759. The Balaban J connectivity index is 1.88. The summed E-state index contributed by atoms with van der Waals surface area (Å²) in [4.78, 5) is 13.0. The maximum absolute atomic E-state index is 12.4. The number of hydrogen-bond donors (Lipinski definition) is 2. The molecule has 0 fully saturated rings. The molecular weight excluding hydrogens is 332 g/mol. The number of rotatable bonds is 4. The van der Waals surface area contributed by atoms with E-state index in [1.54, 1.807) is 24.3 Å². The molecule has 0 bridgehead atoms. The van der Waals surface area contributed by atoms with Crippen LogP contribution >= 0.6 is 11.3 Å². The number of para-hydroxylation sites is 2. The maximum Gasteiger partial charge on any atom is 0.265 e. The Bertz CT molecular complexity index is 945. The number of benzene rings is 2. The third kappa shape index (κ3) is 3.69. The molecule has 0 spiro atoms. The second-order valence-corrected chi connectivity index (χ2v) is 7.85. The Kier molecular flexibility index (Phi) is 4.06. The molecule has 23 heavy (non-hydrogen) atoms. The van der Waals surface area contributed by atoms with Crippen LogP contribution in [0.3, 0.4) is 0 Å². The zero-order chi connectivity index (χ0) is 16.4. The summed E-state index contributed by atoms with van der Waals surface area (Å²) in [6.07, 6.45) is 1.07. The monoisotopic (exact) mass is 346 g/mol. The molecule has 0 aliphatic heterocycles. The van der Waals surface area contributed by atoms with Gasteiger partial charge in [0.15, 0.2) is 0 Å². The van der Waals surface area contributed by atoms with Gasteiger partial charge in [0.05, 0.1) is 22.5 Å².